The summed E-state index contributed by atoms with van der Waals surface area (Å²) in [5, 5.41) is 13.2. The third-order valence-corrected chi connectivity index (χ3v) is 5.28. The average molecular weight is 368 g/mol. The molecule has 0 saturated carbocycles. The number of aromatic nitrogens is 5. The molecule has 0 spiro atoms. The minimum atomic E-state index is -0.164. The molecule has 0 atom stereocenters. The molecule has 0 radical (unpaired) electrons. The van der Waals surface area contributed by atoms with Crippen LogP contribution in [-0.4, -0.2) is 42.5 Å². The minimum absolute atomic E-state index is 0.164. The lowest BCUT2D eigenvalue weighted by atomic mass is 9.95. The van der Waals surface area contributed by atoms with Gasteiger partial charge in [0.05, 0.1) is 0 Å². The largest absolute Gasteiger partial charge is 0.313 e. The van der Waals surface area contributed by atoms with E-state index in [1.807, 2.05) is 23.0 Å². The summed E-state index contributed by atoms with van der Waals surface area (Å²) in [5.74, 6) is 2.30. The Balaban J connectivity index is 1.40. The van der Waals surface area contributed by atoms with E-state index in [1.165, 1.54) is 6.07 Å². The number of halogens is 1. The number of rotatable bonds is 6. The summed E-state index contributed by atoms with van der Waals surface area (Å²) in [6.45, 7) is 6.43. The van der Waals surface area contributed by atoms with Crippen molar-refractivity contribution in [2.24, 2.45) is 0 Å². The third-order valence-electron chi connectivity index (χ3n) is 5.28. The molecule has 142 valence electrons. The first-order chi connectivity index (χ1) is 13.2. The number of likely N-dealkylation sites (tertiary alicyclic amines) is 1. The first-order valence-corrected chi connectivity index (χ1v) is 9.59. The van der Waals surface area contributed by atoms with Crippen LogP contribution >= 0.6 is 0 Å². The van der Waals surface area contributed by atoms with Gasteiger partial charge in [0.25, 0.3) is 0 Å². The minimum Gasteiger partial charge on any atom is -0.313 e. The van der Waals surface area contributed by atoms with Crippen LogP contribution < -0.4 is 0 Å². The Morgan fingerprint density at radius 3 is 2.67 bits per heavy atom. The molecule has 1 saturated heterocycles. The molecule has 1 aliphatic rings. The van der Waals surface area contributed by atoms with E-state index in [0.717, 1.165) is 56.2 Å². The molecule has 2 aromatic heterocycles. The first kappa shape index (κ1) is 17.9. The Bertz CT molecular complexity index is 864. The average Bonchev–Trinajstić information content (AvgIpc) is 3.32. The van der Waals surface area contributed by atoms with Crippen molar-refractivity contribution in [2.45, 2.75) is 45.3 Å². The molecule has 27 heavy (non-hydrogen) atoms. The topological polar surface area (TPSA) is 51.8 Å². The molecular formula is C20H25FN6. The number of hydrogen-bond donors (Lipinski definition) is 0. The van der Waals surface area contributed by atoms with Gasteiger partial charge in [-0.1, -0.05) is 12.1 Å². The van der Waals surface area contributed by atoms with E-state index in [1.54, 1.807) is 18.3 Å². The number of hydrogen-bond acceptors (Lipinski definition) is 4. The second-order valence-corrected chi connectivity index (χ2v) is 7.10. The normalized spacial score (nSPS) is 16.1. The van der Waals surface area contributed by atoms with Gasteiger partial charge in [0.15, 0.2) is 5.82 Å². The fourth-order valence-electron chi connectivity index (χ4n) is 3.89. The fraction of sp³-hybridized carbons (Fsp3) is 0.450. The van der Waals surface area contributed by atoms with Gasteiger partial charge in [-0.25, -0.2) is 4.39 Å². The van der Waals surface area contributed by atoms with Crippen LogP contribution in [0.2, 0.25) is 0 Å². The molecule has 0 amide bonds. The molecule has 1 aromatic carbocycles. The molecule has 4 rings (SSSR count). The van der Waals surface area contributed by atoms with E-state index in [4.69, 9.17) is 0 Å². The van der Waals surface area contributed by atoms with Gasteiger partial charge in [-0.2, -0.15) is 5.10 Å². The monoisotopic (exact) mass is 368 g/mol. The summed E-state index contributed by atoms with van der Waals surface area (Å²) >= 11 is 0. The number of piperidine rings is 1. The van der Waals surface area contributed by atoms with Gasteiger partial charge < -0.3 is 4.57 Å². The lowest BCUT2D eigenvalue weighted by molar-refractivity contribution is 0.200. The van der Waals surface area contributed by atoms with Crippen LogP contribution in [0.4, 0.5) is 4.39 Å². The molecule has 7 heteroatoms. The highest BCUT2D eigenvalue weighted by Gasteiger charge is 2.26. The Labute approximate surface area is 158 Å². The quantitative estimate of drug-likeness (QED) is 0.671. The van der Waals surface area contributed by atoms with E-state index in [0.29, 0.717) is 12.5 Å². The maximum absolute atomic E-state index is 13.4. The fourth-order valence-corrected chi connectivity index (χ4v) is 3.89. The molecule has 0 aliphatic carbocycles. The van der Waals surface area contributed by atoms with Gasteiger partial charge in [0.2, 0.25) is 0 Å². The summed E-state index contributed by atoms with van der Waals surface area (Å²) in [6, 6.07) is 8.81. The second-order valence-electron chi connectivity index (χ2n) is 7.10. The van der Waals surface area contributed by atoms with Gasteiger partial charge in [0, 0.05) is 31.4 Å². The van der Waals surface area contributed by atoms with Crippen LogP contribution in [0.5, 0.6) is 0 Å². The molecule has 1 fully saturated rings. The van der Waals surface area contributed by atoms with Crippen LogP contribution in [0.1, 0.15) is 42.9 Å². The Morgan fingerprint density at radius 1 is 1.11 bits per heavy atom. The van der Waals surface area contributed by atoms with E-state index in [2.05, 4.69) is 31.7 Å². The summed E-state index contributed by atoms with van der Waals surface area (Å²) < 4.78 is 17.5. The molecule has 0 bridgehead atoms. The van der Waals surface area contributed by atoms with Gasteiger partial charge in [-0.05, 0) is 56.6 Å². The Kier molecular flexibility index (Phi) is 5.29. The van der Waals surface area contributed by atoms with E-state index in [9.17, 15) is 4.39 Å². The highest BCUT2D eigenvalue weighted by atomic mass is 19.1. The predicted molar refractivity (Wildman–Crippen MR) is 101 cm³/mol. The van der Waals surface area contributed by atoms with Crippen LogP contribution in [0.25, 0.3) is 0 Å². The SMILES string of the molecule is CCn1c(Cn2cccn2)nnc1C1CCN(Cc2cccc(F)c2)CC1. The molecule has 1 aliphatic heterocycles. The molecule has 3 aromatic rings. The molecule has 0 N–H and O–H groups in total. The van der Waals surface area contributed by atoms with Crippen molar-refractivity contribution in [2.75, 3.05) is 13.1 Å². The first-order valence-electron chi connectivity index (χ1n) is 9.59. The van der Waals surface area contributed by atoms with Gasteiger partial charge in [-0.15, -0.1) is 10.2 Å². The van der Waals surface area contributed by atoms with Crippen molar-refractivity contribution in [3.8, 4) is 0 Å². The van der Waals surface area contributed by atoms with Crippen molar-refractivity contribution >= 4 is 0 Å². The lowest BCUT2D eigenvalue weighted by Crippen LogP contribution is -2.33. The highest BCUT2D eigenvalue weighted by molar-refractivity contribution is 5.16. The summed E-state index contributed by atoms with van der Waals surface area (Å²) in [5.41, 5.74) is 1.03. The van der Waals surface area contributed by atoms with Crippen LogP contribution in [0.3, 0.4) is 0 Å². The van der Waals surface area contributed by atoms with E-state index < -0.39 is 0 Å². The zero-order valence-electron chi connectivity index (χ0n) is 15.6. The van der Waals surface area contributed by atoms with Crippen LogP contribution in [0.15, 0.2) is 42.7 Å². The maximum atomic E-state index is 13.4. The zero-order valence-corrected chi connectivity index (χ0v) is 15.6. The van der Waals surface area contributed by atoms with E-state index in [-0.39, 0.29) is 5.82 Å². The van der Waals surface area contributed by atoms with Gasteiger partial charge in [0.1, 0.15) is 18.2 Å². The smallest absolute Gasteiger partial charge is 0.154 e. The zero-order chi connectivity index (χ0) is 18.6. The van der Waals surface area contributed by atoms with Crippen molar-refractivity contribution in [3.05, 3.63) is 65.8 Å². The second kappa shape index (κ2) is 8.00. The van der Waals surface area contributed by atoms with E-state index >= 15 is 0 Å². The molecular weight excluding hydrogens is 343 g/mol. The Hall–Kier alpha value is -2.54. The molecule has 6 nitrogen and oxygen atoms in total. The molecule has 0 unspecified atom stereocenters. The van der Waals surface area contributed by atoms with Gasteiger partial charge >= 0.3 is 0 Å². The Morgan fingerprint density at radius 2 is 1.96 bits per heavy atom. The maximum Gasteiger partial charge on any atom is 0.154 e. The van der Waals surface area contributed by atoms with Crippen LogP contribution in [0, 0.1) is 5.82 Å². The van der Waals surface area contributed by atoms with Crippen molar-refractivity contribution in [1.82, 2.24) is 29.4 Å². The third kappa shape index (κ3) is 4.08. The highest BCUT2D eigenvalue weighted by Crippen LogP contribution is 2.28. The van der Waals surface area contributed by atoms with Crippen molar-refractivity contribution in [3.63, 3.8) is 0 Å². The van der Waals surface area contributed by atoms with Crippen molar-refractivity contribution in [1.29, 1.82) is 0 Å². The summed E-state index contributed by atoms with van der Waals surface area (Å²) in [4.78, 5) is 2.39. The number of nitrogens with zero attached hydrogens (tertiary/aromatic N) is 6. The van der Waals surface area contributed by atoms with Crippen molar-refractivity contribution < 1.29 is 4.39 Å². The standard InChI is InChI=1S/C20H25FN6/c1-2-27-19(15-26-10-4-9-22-26)23-24-20(27)17-7-11-25(12-8-17)14-16-5-3-6-18(21)13-16/h3-6,9-10,13,17H,2,7-8,11-12,14-15H2,1H3. The summed E-state index contributed by atoms with van der Waals surface area (Å²) in [6.07, 6.45) is 5.82. The molecule has 3 heterocycles. The predicted octanol–water partition coefficient (Wildman–Crippen LogP) is 3.06. The lowest BCUT2D eigenvalue weighted by Gasteiger charge is -2.31. The van der Waals surface area contributed by atoms with Gasteiger partial charge in [-0.3, -0.25) is 9.58 Å². The summed E-state index contributed by atoms with van der Waals surface area (Å²) in [7, 11) is 0. The number of benzene rings is 1. The van der Waals surface area contributed by atoms with Crippen LogP contribution in [-0.2, 0) is 19.6 Å².